The van der Waals surface area contributed by atoms with Gasteiger partial charge in [0.1, 0.15) is 0 Å². The van der Waals surface area contributed by atoms with Crippen LogP contribution in [0.3, 0.4) is 0 Å². The molecule has 0 heterocycles. The fourth-order valence-corrected chi connectivity index (χ4v) is 2.10. The molecule has 0 radical (unpaired) electrons. The Morgan fingerprint density at radius 1 is 1.44 bits per heavy atom. The molecule has 0 aromatic rings. The van der Waals surface area contributed by atoms with Crippen LogP contribution in [0.4, 0.5) is 0 Å². The van der Waals surface area contributed by atoms with Gasteiger partial charge in [-0.05, 0) is 42.6 Å². The van der Waals surface area contributed by atoms with E-state index in [1.54, 1.807) is 19.1 Å². The Balaban J connectivity index is 3.10. The number of hydrogen-bond donors (Lipinski definition) is 2. The molecule has 0 saturated heterocycles. The van der Waals surface area contributed by atoms with Crippen LogP contribution >= 0.6 is 0 Å². The van der Waals surface area contributed by atoms with Crippen molar-refractivity contribution >= 4 is 5.78 Å². The Morgan fingerprint density at radius 2 is 2.00 bits per heavy atom. The molecule has 1 rings (SSSR count). The third-order valence-electron chi connectivity index (χ3n) is 2.98. The molecule has 3 heteroatoms. The topological polar surface area (TPSA) is 57.5 Å². The first-order chi connectivity index (χ1) is 7.24. The first-order valence-electron chi connectivity index (χ1n) is 5.54. The van der Waals surface area contributed by atoms with E-state index in [1.165, 1.54) is 0 Å². The highest BCUT2D eigenvalue weighted by Crippen LogP contribution is 2.39. The second-order valence-corrected chi connectivity index (χ2v) is 5.17. The normalized spacial score (nSPS) is 26.5. The molecule has 1 aliphatic rings. The predicted octanol–water partition coefficient (Wildman–Crippen LogP) is 1.60. The summed E-state index contributed by atoms with van der Waals surface area (Å²) in [7, 11) is 0. The van der Waals surface area contributed by atoms with Crippen LogP contribution in [0.2, 0.25) is 0 Å². The molecule has 0 aliphatic heterocycles. The summed E-state index contributed by atoms with van der Waals surface area (Å²) in [4.78, 5) is 11.4. The van der Waals surface area contributed by atoms with Crippen molar-refractivity contribution in [3.8, 4) is 0 Å². The summed E-state index contributed by atoms with van der Waals surface area (Å²) >= 11 is 0. The van der Waals surface area contributed by atoms with Gasteiger partial charge < -0.3 is 10.2 Å². The minimum absolute atomic E-state index is 0.117. The van der Waals surface area contributed by atoms with E-state index in [0.29, 0.717) is 6.42 Å². The lowest BCUT2D eigenvalue weighted by molar-refractivity contribution is -0.116. The fraction of sp³-hybridized carbons (Fsp3) is 0.615. The third kappa shape index (κ3) is 2.80. The highest BCUT2D eigenvalue weighted by Gasteiger charge is 2.31. The minimum Gasteiger partial charge on any atom is -0.390 e. The number of rotatable bonds is 2. The van der Waals surface area contributed by atoms with E-state index in [-0.39, 0.29) is 11.2 Å². The molecule has 1 aliphatic carbocycles. The number of carbonyl (C=O) groups excluding carboxylic acids is 1. The van der Waals surface area contributed by atoms with Gasteiger partial charge in [0, 0.05) is 6.42 Å². The highest BCUT2D eigenvalue weighted by molar-refractivity contribution is 5.93. The van der Waals surface area contributed by atoms with Crippen LogP contribution in [0, 0.1) is 5.41 Å². The number of hydrogen-bond acceptors (Lipinski definition) is 3. The van der Waals surface area contributed by atoms with Crippen LogP contribution in [0.5, 0.6) is 0 Å². The molecule has 0 unspecified atom stereocenters. The van der Waals surface area contributed by atoms with Gasteiger partial charge in [-0.3, -0.25) is 4.79 Å². The Hall–Kier alpha value is -0.930. The zero-order chi connectivity index (χ0) is 12.5. The van der Waals surface area contributed by atoms with Gasteiger partial charge in [-0.25, -0.2) is 0 Å². The lowest BCUT2D eigenvalue weighted by Crippen LogP contribution is -2.28. The summed E-state index contributed by atoms with van der Waals surface area (Å²) < 4.78 is 0. The number of allylic oxidation sites excluding steroid dienone is 3. The summed E-state index contributed by atoms with van der Waals surface area (Å²) in [5, 5.41) is 18.9. The molecule has 16 heavy (non-hydrogen) atoms. The number of aliphatic hydroxyl groups is 2. The van der Waals surface area contributed by atoms with E-state index in [1.807, 2.05) is 20.8 Å². The third-order valence-corrected chi connectivity index (χ3v) is 2.98. The molecule has 3 nitrogen and oxygen atoms in total. The molecule has 0 fully saturated rings. The molecule has 0 bridgehead atoms. The molecule has 90 valence electrons. The summed E-state index contributed by atoms with van der Waals surface area (Å²) in [6.07, 6.45) is 2.02. The van der Waals surface area contributed by atoms with Crippen molar-refractivity contribution in [3.05, 3.63) is 23.3 Å². The van der Waals surface area contributed by atoms with E-state index < -0.39 is 12.2 Å². The molecule has 0 saturated carbocycles. The molecule has 0 spiro atoms. The van der Waals surface area contributed by atoms with Gasteiger partial charge in [0.15, 0.2) is 5.78 Å². The van der Waals surface area contributed by atoms with Crippen molar-refractivity contribution in [2.45, 2.75) is 46.3 Å². The van der Waals surface area contributed by atoms with E-state index >= 15 is 0 Å². The molecule has 0 amide bonds. The van der Waals surface area contributed by atoms with Crippen molar-refractivity contribution in [1.82, 2.24) is 0 Å². The number of carbonyl (C=O) groups is 1. The second kappa shape index (κ2) is 4.52. The molecule has 0 aromatic carbocycles. The van der Waals surface area contributed by atoms with Gasteiger partial charge in [0.2, 0.25) is 0 Å². The lowest BCUT2D eigenvalue weighted by Gasteiger charge is -2.32. The predicted molar refractivity (Wildman–Crippen MR) is 62.9 cm³/mol. The largest absolute Gasteiger partial charge is 0.390 e. The van der Waals surface area contributed by atoms with E-state index in [4.69, 9.17) is 0 Å². The van der Waals surface area contributed by atoms with Crippen molar-refractivity contribution in [2.75, 3.05) is 0 Å². The Morgan fingerprint density at radius 3 is 2.44 bits per heavy atom. The average molecular weight is 224 g/mol. The highest BCUT2D eigenvalue weighted by atomic mass is 16.3. The van der Waals surface area contributed by atoms with Gasteiger partial charge >= 0.3 is 0 Å². The SMILES string of the molecule is CC1=CC(=O)CC(C)(C)/C1=C\[C@@H](O)[C@@H](C)O. The summed E-state index contributed by atoms with van der Waals surface area (Å²) in [5.41, 5.74) is 1.55. The van der Waals surface area contributed by atoms with Crippen LogP contribution in [0.1, 0.15) is 34.1 Å². The molecular weight excluding hydrogens is 204 g/mol. The molecule has 2 N–H and O–H groups in total. The Labute approximate surface area is 96.5 Å². The quantitative estimate of drug-likeness (QED) is 0.749. The van der Waals surface area contributed by atoms with E-state index in [0.717, 1.165) is 11.1 Å². The first-order valence-corrected chi connectivity index (χ1v) is 5.54. The summed E-state index contributed by atoms with van der Waals surface area (Å²) in [6, 6.07) is 0. The van der Waals surface area contributed by atoms with E-state index in [2.05, 4.69) is 0 Å². The molecule has 0 aromatic heterocycles. The summed E-state index contributed by atoms with van der Waals surface area (Å²) in [6.45, 7) is 7.35. The number of ketones is 1. The summed E-state index contributed by atoms with van der Waals surface area (Å²) in [5.74, 6) is 0.117. The van der Waals surface area contributed by atoms with Gasteiger partial charge in [-0.1, -0.05) is 13.8 Å². The maximum absolute atomic E-state index is 11.4. The van der Waals surface area contributed by atoms with Crippen molar-refractivity contribution in [3.63, 3.8) is 0 Å². The zero-order valence-electron chi connectivity index (χ0n) is 10.3. The van der Waals surface area contributed by atoms with Gasteiger partial charge in [-0.15, -0.1) is 0 Å². The van der Waals surface area contributed by atoms with Gasteiger partial charge in [-0.2, -0.15) is 0 Å². The maximum Gasteiger partial charge on any atom is 0.156 e. The lowest BCUT2D eigenvalue weighted by atomic mass is 9.72. The monoisotopic (exact) mass is 224 g/mol. The van der Waals surface area contributed by atoms with Crippen LogP contribution < -0.4 is 0 Å². The minimum atomic E-state index is -0.883. The fourth-order valence-electron chi connectivity index (χ4n) is 2.10. The van der Waals surface area contributed by atoms with Crippen LogP contribution in [-0.4, -0.2) is 28.2 Å². The number of aliphatic hydroxyl groups excluding tert-OH is 2. The van der Waals surface area contributed by atoms with Crippen LogP contribution in [0.25, 0.3) is 0 Å². The average Bonchev–Trinajstić information content (AvgIpc) is 2.09. The van der Waals surface area contributed by atoms with Crippen LogP contribution in [-0.2, 0) is 4.79 Å². The Kier molecular flexibility index (Phi) is 3.71. The Bertz CT molecular complexity index is 348. The van der Waals surface area contributed by atoms with E-state index in [9.17, 15) is 15.0 Å². The van der Waals surface area contributed by atoms with Crippen molar-refractivity contribution in [2.24, 2.45) is 5.41 Å². The standard InChI is InChI=1S/C13H20O3/c1-8-5-10(15)7-13(3,4)11(8)6-12(16)9(2)14/h5-6,9,12,14,16H,7H2,1-4H3/b11-6-/t9-,12-/m1/s1. The second-order valence-electron chi connectivity index (χ2n) is 5.17. The van der Waals surface area contributed by atoms with Crippen LogP contribution in [0.15, 0.2) is 23.3 Å². The van der Waals surface area contributed by atoms with Gasteiger partial charge in [0.05, 0.1) is 12.2 Å². The first kappa shape index (κ1) is 13.1. The van der Waals surface area contributed by atoms with Crippen molar-refractivity contribution < 1.29 is 15.0 Å². The zero-order valence-corrected chi connectivity index (χ0v) is 10.3. The molecule has 2 atom stereocenters. The van der Waals surface area contributed by atoms with Crippen molar-refractivity contribution in [1.29, 1.82) is 0 Å². The molecular formula is C13H20O3. The smallest absolute Gasteiger partial charge is 0.156 e. The maximum atomic E-state index is 11.4. The van der Waals surface area contributed by atoms with Gasteiger partial charge in [0.25, 0.3) is 0 Å².